The molecule has 0 unspecified atom stereocenters. The van der Waals surface area contributed by atoms with Crippen molar-refractivity contribution in [2.45, 2.75) is 12.2 Å². The molecule has 0 atom stereocenters. The van der Waals surface area contributed by atoms with Crippen LogP contribution in [0.4, 0.5) is 0 Å². The second kappa shape index (κ2) is 8.35. The molecule has 0 aliphatic carbocycles. The molecule has 0 saturated heterocycles. The predicted molar refractivity (Wildman–Crippen MR) is 86.2 cm³/mol. The minimum absolute atomic E-state index is 0.0939. The van der Waals surface area contributed by atoms with Crippen molar-refractivity contribution in [1.29, 1.82) is 0 Å². The Balaban J connectivity index is 1.64. The topological polar surface area (TPSA) is 41.1 Å². The number of nitrogens with one attached hydrogen (secondary N) is 2. The Morgan fingerprint density at radius 2 is 2.35 bits per heavy atom. The van der Waals surface area contributed by atoms with Gasteiger partial charge >= 0.3 is 0 Å². The van der Waals surface area contributed by atoms with Gasteiger partial charge in [-0.15, -0.1) is 11.8 Å². The molecule has 1 heterocycles. The maximum Gasteiger partial charge on any atom is 0.230 e. The number of carbonyl (C=O) groups is 1. The average molecular weight is 311 g/mol. The van der Waals surface area contributed by atoms with Crippen LogP contribution in [0.3, 0.4) is 0 Å². The molecule has 0 fully saturated rings. The van der Waals surface area contributed by atoms with E-state index in [1.807, 2.05) is 24.3 Å². The second-order valence-corrected chi connectivity index (χ2v) is 6.14. The third kappa shape index (κ3) is 5.57. The first-order valence-electron chi connectivity index (χ1n) is 6.71. The SMILES string of the molecule is O=C(CSCc1cccc(Cl)c1)NCC1=CCNCC1. The van der Waals surface area contributed by atoms with E-state index in [9.17, 15) is 4.79 Å². The van der Waals surface area contributed by atoms with Gasteiger partial charge in [0.05, 0.1) is 5.75 Å². The highest BCUT2D eigenvalue weighted by molar-refractivity contribution is 7.99. The van der Waals surface area contributed by atoms with Gasteiger partial charge < -0.3 is 10.6 Å². The van der Waals surface area contributed by atoms with Crippen LogP contribution in [0.5, 0.6) is 0 Å². The van der Waals surface area contributed by atoms with E-state index in [1.54, 1.807) is 11.8 Å². The summed E-state index contributed by atoms with van der Waals surface area (Å²) < 4.78 is 0. The first kappa shape index (κ1) is 15.4. The Labute approximate surface area is 129 Å². The van der Waals surface area contributed by atoms with Gasteiger partial charge in [0.25, 0.3) is 0 Å². The Kier molecular flexibility index (Phi) is 6.43. The van der Waals surface area contributed by atoms with Gasteiger partial charge in [-0.05, 0) is 30.7 Å². The molecule has 0 radical (unpaired) electrons. The van der Waals surface area contributed by atoms with Crippen LogP contribution in [0, 0.1) is 0 Å². The fourth-order valence-electron chi connectivity index (χ4n) is 1.98. The third-order valence-corrected chi connectivity index (χ3v) is 4.30. The lowest BCUT2D eigenvalue weighted by Gasteiger charge is -2.14. The smallest absolute Gasteiger partial charge is 0.230 e. The molecule has 2 N–H and O–H groups in total. The summed E-state index contributed by atoms with van der Waals surface area (Å²) in [7, 11) is 0. The fourth-order valence-corrected chi connectivity index (χ4v) is 3.00. The zero-order valence-corrected chi connectivity index (χ0v) is 12.9. The molecular weight excluding hydrogens is 292 g/mol. The highest BCUT2D eigenvalue weighted by Crippen LogP contribution is 2.16. The largest absolute Gasteiger partial charge is 0.352 e. The molecular formula is C15H19ClN2OS. The molecule has 20 heavy (non-hydrogen) atoms. The molecule has 0 aromatic heterocycles. The summed E-state index contributed by atoms with van der Waals surface area (Å²) in [4.78, 5) is 11.7. The Morgan fingerprint density at radius 1 is 1.45 bits per heavy atom. The van der Waals surface area contributed by atoms with Crippen molar-refractivity contribution >= 4 is 29.3 Å². The molecule has 5 heteroatoms. The summed E-state index contributed by atoms with van der Waals surface area (Å²) in [5, 5.41) is 6.96. The van der Waals surface area contributed by atoms with Gasteiger partial charge in [0.2, 0.25) is 5.91 Å². The van der Waals surface area contributed by atoms with Crippen molar-refractivity contribution in [3.63, 3.8) is 0 Å². The summed E-state index contributed by atoms with van der Waals surface area (Å²) in [6, 6.07) is 7.75. The third-order valence-electron chi connectivity index (χ3n) is 3.06. The van der Waals surface area contributed by atoms with Gasteiger partial charge in [0, 0.05) is 23.9 Å². The summed E-state index contributed by atoms with van der Waals surface area (Å²) in [5.74, 6) is 1.38. The van der Waals surface area contributed by atoms with Crippen LogP contribution in [0.25, 0.3) is 0 Å². The highest BCUT2D eigenvalue weighted by Gasteiger charge is 2.06. The zero-order valence-electron chi connectivity index (χ0n) is 11.3. The van der Waals surface area contributed by atoms with Crippen LogP contribution in [0.2, 0.25) is 5.02 Å². The molecule has 0 saturated carbocycles. The number of carbonyl (C=O) groups excluding carboxylic acids is 1. The van der Waals surface area contributed by atoms with E-state index < -0.39 is 0 Å². The first-order valence-corrected chi connectivity index (χ1v) is 8.25. The number of hydrogen-bond donors (Lipinski definition) is 2. The molecule has 1 aliphatic rings. The van der Waals surface area contributed by atoms with Crippen molar-refractivity contribution in [2.24, 2.45) is 0 Å². The quantitative estimate of drug-likeness (QED) is 0.794. The van der Waals surface area contributed by atoms with Crippen LogP contribution in [-0.4, -0.2) is 31.3 Å². The van der Waals surface area contributed by atoms with E-state index in [2.05, 4.69) is 16.7 Å². The average Bonchev–Trinajstić information content (AvgIpc) is 2.46. The van der Waals surface area contributed by atoms with Crippen LogP contribution >= 0.6 is 23.4 Å². The van der Waals surface area contributed by atoms with Crippen molar-refractivity contribution in [1.82, 2.24) is 10.6 Å². The molecule has 1 aromatic carbocycles. The van der Waals surface area contributed by atoms with E-state index in [0.717, 1.165) is 35.8 Å². The Bertz CT molecular complexity index is 491. The number of halogens is 1. The molecule has 0 bridgehead atoms. The van der Waals surface area contributed by atoms with E-state index in [1.165, 1.54) is 5.57 Å². The van der Waals surface area contributed by atoms with E-state index in [0.29, 0.717) is 12.3 Å². The molecule has 1 amide bonds. The lowest BCUT2D eigenvalue weighted by atomic mass is 10.1. The van der Waals surface area contributed by atoms with Crippen molar-refractivity contribution in [3.05, 3.63) is 46.5 Å². The van der Waals surface area contributed by atoms with Crippen molar-refractivity contribution in [2.75, 3.05) is 25.4 Å². The fraction of sp³-hybridized carbons (Fsp3) is 0.400. The maximum absolute atomic E-state index is 11.7. The molecule has 1 aromatic rings. The van der Waals surface area contributed by atoms with Crippen molar-refractivity contribution in [3.8, 4) is 0 Å². The number of amides is 1. The van der Waals surface area contributed by atoms with Crippen LogP contribution in [0.1, 0.15) is 12.0 Å². The summed E-state index contributed by atoms with van der Waals surface area (Å²) in [6.45, 7) is 2.60. The number of thioether (sulfide) groups is 1. The number of hydrogen-bond acceptors (Lipinski definition) is 3. The van der Waals surface area contributed by atoms with E-state index >= 15 is 0 Å². The first-order chi connectivity index (χ1) is 9.74. The minimum Gasteiger partial charge on any atom is -0.352 e. The monoisotopic (exact) mass is 310 g/mol. The summed E-state index contributed by atoms with van der Waals surface area (Å²) >= 11 is 7.53. The summed E-state index contributed by atoms with van der Waals surface area (Å²) in [5.41, 5.74) is 2.47. The van der Waals surface area contributed by atoms with Crippen LogP contribution in [0.15, 0.2) is 35.9 Å². The Hall–Kier alpha value is -0.970. The number of rotatable bonds is 6. The standard InChI is InChI=1S/C15H19ClN2OS/c16-14-3-1-2-13(8-14)10-20-11-15(19)18-9-12-4-6-17-7-5-12/h1-4,8,17H,5-7,9-11H2,(H,18,19). The van der Waals surface area contributed by atoms with Gasteiger partial charge in [-0.25, -0.2) is 0 Å². The summed E-state index contributed by atoms with van der Waals surface area (Å²) in [6.07, 6.45) is 3.18. The maximum atomic E-state index is 11.7. The molecule has 108 valence electrons. The minimum atomic E-state index is 0.0939. The lowest BCUT2D eigenvalue weighted by Crippen LogP contribution is -2.30. The molecule has 2 rings (SSSR count). The second-order valence-electron chi connectivity index (χ2n) is 4.72. The van der Waals surface area contributed by atoms with Gasteiger partial charge in [0.1, 0.15) is 0 Å². The van der Waals surface area contributed by atoms with Gasteiger partial charge in [-0.3, -0.25) is 4.79 Å². The molecule has 1 aliphatic heterocycles. The normalized spacial score (nSPS) is 14.8. The predicted octanol–water partition coefficient (Wildman–Crippen LogP) is 2.61. The zero-order chi connectivity index (χ0) is 14.2. The highest BCUT2D eigenvalue weighted by atomic mass is 35.5. The molecule has 0 spiro atoms. The molecule has 3 nitrogen and oxygen atoms in total. The lowest BCUT2D eigenvalue weighted by molar-refractivity contribution is -0.118. The Morgan fingerprint density at radius 3 is 3.10 bits per heavy atom. The van der Waals surface area contributed by atoms with Gasteiger partial charge in [-0.2, -0.15) is 0 Å². The van der Waals surface area contributed by atoms with Crippen LogP contribution < -0.4 is 10.6 Å². The number of benzene rings is 1. The van der Waals surface area contributed by atoms with Gasteiger partial charge in [-0.1, -0.05) is 35.4 Å². The van der Waals surface area contributed by atoms with Crippen molar-refractivity contribution < 1.29 is 4.79 Å². The van der Waals surface area contributed by atoms with E-state index in [-0.39, 0.29) is 5.91 Å². The van der Waals surface area contributed by atoms with Crippen LogP contribution in [-0.2, 0) is 10.5 Å². The van der Waals surface area contributed by atoms with Gasteiger partial charge in [0.15, 0.2) is 0 Å². The van der Waals surface area contributed by atoms with E-state index in [4.69, 9.17) is 11.6 Å².